The summed E-state index contributed by atoms with van der Waals surface area (Å²) in [4.78, 5) is 13.8. The van der Waals surface area contributed by atoms with Gasteiger partial charge in [0.25, 0.3) is 0 Å². The van der Waals surface area contributed by atoms with Crippen LogP contribution in [0.1, 0.15) is 91.1 Å². The number of carbonyl (C=O) groups is 1. The molecule has 2 aromatic carbocycles. The van der Waals surface area contributed by atoms with E-state index in [-0.39, 0.29) is 29.0 Å². The normalized spacial score (nSPS) is 21.7. The van der Waals surface area contributed by atoms with Crippen molar-refractivity contribution in [1.82, 2.24) is 0 Å². The molecule has 0 bridgehead atoms. The molecule has 1 aliphatic rings. The Kier molecular flexibility index (Phi) is 15.4. The lowest BCUT2D eigenvalue weighted by Gasteiger charge is -2.40. The molecule has 262 valence electrons. The van der Waals surface area contributed by atoms with Gasteiger partial charge in [0.15, 0.2) is 0 Å². The Labute approximate surface area is 282 Å². The van der Waals surface area contributed by atoms with Crippen molar-refractivity contribution in [1.29, 1.82) is 0 Å². The minimum absolute atomic E-state index is 0.0405. The molecule has 7 N–H and O–H groups in total. The van der Waals surface area contributed by atoms with E-state index in [4.69, 9.17) is 9.47 Å². The first-order valence-electron chi connectivity index (χ1n) is 16.6. The third-order valence-electron chi connectivity index (χ3n) is 8.29. The summed E-state index contributed by atoms with van der Waals surface area (Å²) in [6, 6.07) is 4.21. The summed E-state index contributed by atoms with van der Waals surface area (Å²) in [5.74, 6) is -2.29. The maximum Gasteiger partial charge on any atom is 0.347 e. The highest BCUT2D eigenvalue weighted by molar-refractivity contribution is 5.96. The van der Waals surface area contributed by atoms with E-state index in [1.165, 1.54) is 12.1 Å². The van der Waals surface area contributed by atoms with Gasteiger partial charge in [-0.3, -0.25) is 0 Å². The predicted molar refractivity (Wildman–Crippen MR) is 183 cm³/mol. The van der Waals surface area contributed by atoms with E-state index in [0.29, 0.717) is 24.8 Å². The lowest BCUT2D eigenvalue weighted by atomic mass is 9.87. The van der Waals surface area contributed by atoms with E-state index < -0.39 is 60.2 Å². The van der Waals surface area contributed by atoms with Crippen LogP contribution in [0.5, 0.6) is 23.0 Å². The van der Waals surface area contributed by atoms with Crippen molar-refractivity contribution in [3.63, 3.8) is 0 Å². The van der Waals surface area contributed by atoms with Gasteiger partial charge in [-0.25, -0.2) is 4.79 Å². The first-order valence-corrected chi connectivity index (χ1v) is 16.6. The van der Waals surface area contributed by atoms with Crippen LogP contribution in [0.4, 0.5) is 0 Å². The average Bonchev–Trinajstić information content (AvgIpc) is 3.05. The molecule has 10 heteroatoms. The fraction of sp³-hybridized carbons (Fsp3) is 0.447. The largest absolute Gasteiger partial charge is 0.508 e. The fourth-order valence-electron chi connectivity index (χ4n) is 5.48. The molecule has 0 saturated carbocycles. The fourth-order valence-corrected chi connectivity index (χ4v) is 5.48. The number of aliphatic hydroxyl groups excluding tert-OH is 4. The van der Waals surface area contributed by atoms with Crippen molar-refractivity contribution < 1.29 is 50.0 Å². The Morgan fingerprint density at radius 1 is 0.771 bits per heavy atom. The molecule has 3 rings (SSSR count). The number of aliphatic hydroxyl groups is 4. The second-order valence-corrected chi connectivity index (χ2v) is 11.9. The minimum atomic E-state index is -1.82. The van der Waals surface area contributed by atoms with Crippen molar-refractivity contribution in [3.8, 4) is 23.0 Å². The molecule has 10 nitrogen and oxygen atoms in total. The number of benzene rings is 2. The molecular weight excluding hydrogens is 616 g/mol. The summed E-state index contributed by atoms with van der Waals surface area (Å²) >= 11 is 0. The summed E-state index contributed by atoms with van der Waals surface area (Å²) in [7, 11) is 0. The van der Waals surface area contributed by atoms with Crippen LogP contribution in [0.25, 0.3) is 0 Å². The van der Waals surface area contributed by atoms with Crippen LogP contribution in [0, 0.1) is 6.92 Å². The van der Waals surface area contributed by atoms with E-state index in [9.17, 15) is 40.5 Å². The highest BCUT2D eigenvalue weighted by Crippen LogP contribution is 2.45. The van der Waals surface area contributed by atoms with E-state index >= 15 is 0 Å². The summed E-state index contributed by atoms with van der Waals surface area (Å²) < 4.78 is 11.3. The van der Waals surface area contributed by atoms with Crippen LogP contribution >= 0.6 is 0 Å². The van der Waals surface area contributed by atoms with Gasteiger partial charge in [-0.2, -0.15) is 0 Å². The molecule has 2 aromatic rings. The molecule has 0 amide bonds. The number of rotatable bonds is 16. The summed E-state index contributed by atoms with van der Waals surface area (Å²) in [5, 5.41) is 74.2. The first-order chi connectivity index (χ1) is 23.0. The number of esters is 1. The number of phenols is 3. The third kappa shape index (κ3) is 10.0. The van der Waals surface area contributed by atoms with Gasteiger partial charge in [-0.1, -0.05) is 75.3 Å². The Morgan fingerprint density at radius 3 is 1.90 bits per heavy atom. The molecule has 1 fully saturated rings. The number of allylic oxidation sites excluding steroid dienone is 8. The molecule has 5 unspecified atom stereocenters. The number of unbranched alkanes of at least 4 members (excludes halogenated alkanes) is 2. The number of ether oxygens (including phenoxy) is 2. The van der Waals surface area contributed by atoms with Gasteiger partial charge in [-0.05, 0) is 74.3 Å². The number of hydrogen-bond donors (Lipinski definition) is 7. The molecular formula is C38H50O10. The molecule has 0 aliphatic carbocycles. The summed E-state index contributed by atoms with van der Waals surface area (Å²) in [6.07, 6.45) is 13.5. The van der Waals surface area contributed by atoms with E-state index in [2.05, 4.69) is 19.9 Å². The number of carbonyl (C=O) groups excluding carboxylic acids is 1. The Morgan fingerprint density at radius 2 is 1.33 bits per heavy atom. The monoisotopic (exact) mass is 666 g/mol. The van der Waals surface area contributed by atoms with E-state index in [1.807, 2.05) is 42.5 Å². The van der Waals surface area contributed by atoms with Crippen LogP contribution in [-0.4, -0.2) is 72.7 Å². The van der Waals surface area contributed by atoms with Gasteiger partial charge in [-0.15, -0.1) is 0 Å². The van der Waals surface area contributed by atoms with Crippen LogP contribution in [0.3, 0.4) is 0 Å². The maximum atomic E-state index is 13.8. The first kappa shape index (κ1) is 38.5. The Hall–Kier alpha value is -3.93. The highest BCUT2D eigenvalue weighted by Gasteiger charge is 2.46. The zero-order valence-corrected chi connectivity index (χ0v) is 28.0. The molecule has 0 aromatic heterocycles. The zero-order chi connectivity index (χ0) is 35.2. The number of phenolic OH excluding ortho intramolecular Hbond substituents is 3. The molecule has 0 radical (unpaired) electrons. The lowest BCUT2D eigenvalue weighted by Crippen LogP contribution is -2.55. The van der Waals surface area contributed by atoms with Crippen molar-refractivity contribution in [2.24, 2.45) is 0 Å². The molecule has 1 aliphatic heterocycles. The van der Waals surface area contributed by atoms with Crippen molar-refractivity contribution in [2.75, 3.05) is 6.61 Å². The maximum absolute atomic E-state index is 13.8. The van der Waals surface area contributed by atoms with Crippen LogP contribution in [0.15, 0.2) is 66.8 Å². The van der Waals surface area contributed by atoms with Crippen molar-refractivity contribution >= 4 is 5.97 Å². The SMILES string of the molecule is CCCC=CC=CCCc1cc(OC(=O)c2c(CCC=CC=CCCC)cc(O)c(C3OC(CO)C(O)C(O)C3O)c2O)cc(O)c1C. The quantitative estimate of drug-likeness (QED) is 0.0684. The smallest absolute Gasteiger partial charge is 0.347 e. The van der Waals surface area contributed by atoms with Gasteiger partial charge in [0.1, 0.15) is 59.1 Å². The topological polar surface area (TPSA) is 177 Å². The van der Waals surface area contributed by atoms with Crippen molar-refractivity contribution in [3.05, 3.63) is 94.6 Å². The van der Waals surface area contributed by atoms with Gasteiger partial charge in [0, 0.05) is 6.07 Å². The number of aromatic hydroxyl groups is 3. The Bertz CT molecular complexity index is 1470. The van der Waals surface area contributed by atoms with Crippen LogP contribution < -0.4 is 4.74 Å². The van der Waals surface area contributed by atoms with Crippen LogP contribution in [0.2, 0.25) is 0 Å². The number of hydrogen-bond acceptors (Lipinski definition) is 10. The number of aryl methyl sites for hydroxylation is 2. The van der Waals surface area contributed by atoms with E-state index in [0.717, 1.165) is 31.2 Å². The summed E-state index contributed by atoms with van der Waals surface area (Å²) in [6.45, 7) is 5.23. The third-order valence-corrected chi connectivity index (χ3v) is 8.29. The van der Waals surface area contributed by atoms with Gasteiger partial charge < -0.3 is 45.2 Å². The minimum Gasteiger partial charge on any atom is -0.508 e. The molecule has 0 spiro atoms. The molecule has 48 heavy (non-hydrogen) atoms. The Balaban J connectivity index is 1.98. The zero-order valence-electron chi connectivity index (χ0n) is 28.0. The van der Waals surface area contributed by atoms with E-state index in [1.54, 1.807) is 13.0 Å². The second-order valence-electron chi connectivity index (χ2n) is 11.9. The summed E-state index contributed by atoms with van der Waals surface area (Å²) in [5.41, 5.74) is 0.926. The second kappa shape index (κ2) is 19.2. The van der Waals surface area contributed by atoms with Gasteiger partial charge >= 0.3 is 5.97 Å². The van der Waals surface area contributed by atoms with Gasteiger partial charge in [0.2, 0.25) is 0 Å². The van der Waals surface area contributed by atoms with Crippen LogP contribution in [-0.2, 0) is 17.6 Å². The predicted octanol–water partition coefficient (Wildman–Crippen LogP) is 5.54. The highest BCUT2D eigenvalue weighted by atomic mass is 16.5. The molecule has 5 atom stereocenters. The molecule has 1 heterocycles. The lowest BCUT2D eigenvalue weighted by molar-refractivity contribution is -0.232. The molecule has 1 saturated heterocycles. The van der Waals surface area contributed by atoms with Gasteiger partial charge in [0.05, 0.1) is 12.2 Å². The average molecular weight is 667 g/mol. The van der Waals surface area contributed by atoms with Crippen molar-refractivity contribution in [2.45, 2.75) is 103 Å². The standard InChI is InChI=1S/C38H50O10/c1-4-6-8-10-12-14-16-18-25-20-27(22-28(40)24(25)3)47-38(46)31-26(19-17-15-13-11-9-7-5-2)21-29(41)32(34(31)43)37-36(45)35(44)33(42)30(23-39)48-37/h8-15,20-22,30,33,35-37,39-45H,4-7,16-19,23H2,1-3H3.